The van der Waals surface area contributed by atoms with Crippen molar-refractivity contribution in [3.63, 3.8) is 0 Å². The van der Waals surface area contributed by atoms with E-state index in [1.807, 2.05) is 6.79 Å². The number of carbonyl (C=O) groups is 1. The molecule has 2 aromatic carbocycles. The first-order valence-electron chi connectivity index (χ1n) is 13.5. The van der Waals surface area contributed by atoms with Gasteiger partial charge in [-0.2, -0.15) is 0 Å². The molecule has 3 rings (SSSR count). The van der Waals surface area contributed by atoms with Crippen LogP contribution < -0.4 is 10.5 Å². The zero-order valence-electron chi connectivity index (χ0n) is 22.9. The van der Waals surface area contributed by atoms with Gasteiger partial charge in [0.25, 0.3) is 0 Å². The highest BCUT2D eigenvalue weighted by Gasteiger charge is 2.22. The Kier molecular flexibility index (Phi) is 16.5. The SMILES string of the molecule is C=C(C)CC(CN)c1ccc(OCc2ccc(C3CCC(CCCCC)CC3)cc2)cc1.C=O.CO. The lowest BCUT2D eigenvalue weighted by Gasteiger charge is -2.29. The van der Waals surface area contributed by atoms with Crippen molar-refractivity contribution in [1.82, 2.24) is 0 Å². The molecule has 2 aromatic rings. The standard InChI is InChI=1S/C30H43NO.CH4O.CH2O/c1-4-5-6-7-24-8-12-26(13-9-24)27-14-10-25(11-15-27)22-32-30-18-16-28(17-19-30)29(21-31)20-23(2)3;2*1-2/h10-11,14-19,24,26,29H,2,4-9,12-13,20-22,31H2,1,3H3;2H,1H3;1H2. The van der Waals surface area contributed by atoms with Crippen LogP contribution in [0.15, 0.2) is 60.7 Å². The van der Waals surface area contributed by atoms with E-state index < -0.39 is 0 Å². The highest BCUT2D eigenvalue weighted by molar-refractivity contribution is 5.31. The van der Waals surface area contributed by atoms with Gasteiger partial charge < -0.3 is 20.4 Å². The van der Waals surface area contributed by atoms with E-state index in [-0.39, 0.29) is 0 Å². The molecule has 1 aliphatic carbocycles. The first kappa shape index (κ1) is 31.6. The summed E-state index contributed by atoms with van der Waals surface area (Å²) in [5, 5.41) is 7.00. The molecule has 1 unspecified atom stereocenters. The molecule has 0 aliphatic heterocycles. The number of aliphatic hydroxyl groups is 1. The Balaban J connectivity index is 0.00000154. The minimum atomic E-state index is 0.334. The fourth-order valence-electron chi connectivity index (χ4n) is 5.11. The lowest BCUT2D eigenvalue weighted by Crippen LogP contribution is -2.13. The van der Waals surface area contributed by atoms with Crippen LogP contribution >= 0.6 is 0 Å². The van der Waals surface area contributed by atoms with Crippen LogP contribution in [0.25, 0.3) is 0 Å². The molecule has 1 aliphatic rings. The Morgan fingerprint density at radius 2 is 1.61 bits per heavy atom. The van der Waals surface area contributed by atoms with Gasteiger partial charge in [0.2, 0.25) is 0 Å². The van der Waals surface area contributed by atoms with E-state index in [4.69, 9.17) is 20.4 Å². The van der Waals surface area contributed by atoms with Crippen LogP contribution in [-0.2, 0) is 11.4 Å². The second-order valence-corrected chi connectivity index (χ2v) is 9.91. The van der Waals surface area contributed by atoms with Crippen molar-refractivity contribution in [1.29, 1.82) is 0 Å². The van der Waals surface area contributed by atoms with Gasteiger partial charge in [-0.3, -0.25) is 0 Å². The maximum atomic E-state index is 8.00. The van der Waals surface area contributed by atoms with Crippen LogP contribution in [-0.4, -0.2) is 25.6 Å². The number of ether oxygens (including phenoxy) is 1. The topological polar surface area (TPSA) is 72.5 Å². The van der Waals surface area contributed by atoms with Crippen molar-refractivity contribution in [2.75, 3.05) is 13.7 Å². The van der Waals surface area contributed by atoms with E-state index in [1.54, 1.807) is 0 Å². The molecule has 0 bridgehead atoms. The molecule has 36 heavy (non-hydrogen) atoms. The van der Waals surface area contributed by atoms with Crippen LogP contribution in [0.4, 0.5) is 0 Å². The van der Waals surface area contributed by atoms with Gasteiger partial charge in [0.1, 0.15) is 19.1 Å². The third-order valence-electron chi connectivity index (χ3n) is 7.15. The van der Waals surface area contributed by atoms with Crippen molar-refractivity contribution in [2.24, 2.45) is 11.7 Å². The Morgan fingerprint density at radius 1 is 1.00 bits per heavy atom. The molecule has 4 heteroatoms. The quantitative estimate of drug-likeness (QED) is 0.235. The molecule has 1 fully saturated rings. The number of nitrogens with two attached hydrogens (primary N) is 1. The fourth-order valence-corrected chi connectivity index (χ4v) is 5.11. The van der Waals surface area contributed by atoms with Gasteiger partial charge in [-0.1, -0.05) is 74.6 Å². The number of rotatable bonds is 12. The van der Waals surface area contributed by atoms with Gasteiger partial charge in [0, 0.05) is 7.11 Å². The molecular weight excluding hydrogens is 446 g/mol. The first-order valence-corrected chi connectivity index (χ1v) is 13.5. The number of hydrogen-bond donors (Lipinski definition) is 2. The number of aliphatic hydroxyl groups excluding tert-OH is 1. The highest BCUT2D eigenvalue weighted by Crippen LogP contribution is 2.37. The van der Waals surface area contributed by atoms with E-state index in [2.05, 4.69) is 69.0 Å². The number of unbranched alkanes of at least 4 members (excludes halogenated alkanes) is 2. The predicted octanol–water partition coefficient (Wildman–Crippen LogP) is 7.55. The minimum absolute atomic E-state index is 0.334. The lowest BCUT2D eigenvalue weighted by molar-refractivity contribution is -0.0980. The van der Waals surface area contributed by atoms with Crippen molar-refractivity contribution in [3.8, 4) is 5.75 Å². The summed E-state index contributed by atoms with van der Waals surface area (Å²) >= 11 is 0. The maximum Gasteiger partial charge on any atom is 0.119 e. The highest BCUT2D eigenvalue weighted by atomic mass is 16.5. The van der Waals surface area contributed by atoms with E-state index in [0.717, 1.165) is 31.1 Å². The van der Waals surface area contributed by atoms with E-state index in [9.17, 15) is 0 Å². The molecule has 3 N–H and O–H groups in total. The fraction of sp³-hybridized carbons (Fsp3) is 0.531. The molecule has 0 heterocycles. The summed E-state index contributed by atoms with van der Waals surface area (Å²) in [6, 6.07) is 17.5. The van der Waals surface area contributed by atoms with Gasteiger partial charge in [-0.15, -0.1) is 6.58 Å². The molecule has 200 valence electrons. The summed E-state index contributed by atoms with van der Waals surface area (Å²) in [7, 11) is 1.00. The third kappa shape index (κ3) is 11.1. The van der Waals surface area contributed by atoms with E-state index >= 15 is 0 Å². The molecule has 0 radical (unpaired) electrons. The van der Waals surface area contributed by atoms with Crippen LogP contribution in [0.5, 0.6) is 5.75 Å². The minimum Gasteiger partial charge on any atom is -0.489 e. The Morgan fingerprint density at radius 3 is 2.14 bits per heavy atom. The van der Waals surface area contributed by atoms with E-state index in [0.29, 0.717) is 19.1 Å². The predicted molar refractivity (Wildman–Crippen MR) is 153 cm³/mol. The summed E-state index contributed by atoms with van der Waals surface area (Å²) in [6.45, 7) is 11.6. The number of benzene rings is 2. The molecule has 1 atom stereocenters. The van der Waals surface area contributed by atoms with Gasteiger partial charge in [-0.25, -0.2) is 0 Å². The zero-order valence-corrected chi connectivity index (χ0v) is 22.9. The zero-order chi connectivity index (χ0) is 26.8. The molecule has 4 nitrogen and oxygen atoms in total. The number of hydrogen-bond acceptors (Lipinski definition) is 4. The Hall–Kier alpha value is -2.43. The smallest absolute Gasteiger partial charge is 0.119 e. The second-order valence-electron chi connectivity index (χ2n) is 9.91. The summed E-state index contributed by atoms with van der Waals surface area (Å²) in [5.74, 6) is 2.96. The molecule has 0 aromatic heterocycles. The van der Waals surface area contributed by atoms with Gasteiger partial charge in [-0.05, 0) is 92.1 Å². The van der Waals surface area contributed by atoms with Crippen LogP contribution in [0.1, 0.15) is 100 Å². The molecule has 0 saturated heterocycles. The van der Waals surface area contributed by atoms with Crippen molar-refractivity contribution in [3.05, 3.63) is 77.4 Å². The third-order valence-corrected chi connectivity index (χ3v) is 7.15. The van der Waals surface area contributed by atoms with Gasteiger partial charge in [0.15, 0.2) is 0 Å². The van der Waals surface area contributed by atoms with Crippen LogP contribution in [0.3, 0.4) is 0 Å². The Labute approximate surface area is 220 Å². The average molecular weight is 496 g/mol. The largest absolute Gasteiger partial charge is 0.489 e. The van der Waals surface area contributed by atoms with Crippen molar-refractivity contribution in [2.45, 2.75) is 90.1 Å². The normalized spacial score (nSPS) is 17.6. The average Bonchev–Trinajstić information content (AvgIpc) is 2.94. The summed E-state index contributed by atoms with van der Waals surface area (Å²) in [6.07, 6.45) is 12.1. The summed E-state index contributed by atoms with van der Waals surface area (Å²) in [4.78, 5) is 8.00. The van der Waals surface area contributed by atoms with Gasteiger partial charge >= 0.3 is 0 Å². The number of carbonyl (C=O) groups excluding carboxylic acids is 1. The second kappa shape index (κ2) is 18.8. The van der Waals surface area contributed by atoms with Crippen LogP contribution in [0, 0.1) is 5.92 Å². The van der Waals surface area contributed by atoms with Gasteiger partial charge in [0.05, 0.1) is 0 Å². The molecule has 0 amide bonds. The maximum absolute atomic E-state index is 8.00. The summed E-state index contributed by atoms with van der Waals surface area (Å²) in [5.41, 5.74) is 11.1. The Bertz CT molecular complexity index is 823. The summed E-state index contributed by atoms with van der Waals surface area (Å²) < 4.78 is 6.04. The molecular formula is C32H49NO3. The molecule has 1 saturated carbocycles. The van der Waals surface area contributed by atoms with E-state index in [1.165, 1.54) is 73.6 Å². The molecule has 0 spiro atoms. The van der Waals surface area contributed by atoms with Crippen molar-refractivity contribution >= 4 is 6.79 Å². The first-order chi connectivity index (χ1) is 17.6. The van der Waals surface area contributed by atoms with Crippen LogP contribution in [0.2, 0.25) is 0 Å². The number of allylic oxidation sites excluding steroid dienone is 1. The van der Waals surface area contributed by atoms with Crippen molar-refractivity contribution < 1.29 is 14.6 Å². The monoisotopic (exact) mass is 495 g/mol. The lowest BCUT2D eigenvalue weighted by atomic mass is 9.77.